The SMILES string of the molecule is COc1ccc(N=C2SC(=Cc3cc(OC)c(O)cc3Br)C(=O)N2CC(C)C)cc1. The molecule has 30 heavy (non-hydrogen) atoms. The molecule has 0 spiro atoms. The molecule has 0 saturated carbocycles. The molecule has 1 fully saturated rings. The van der Waals surface area contributed by atoms with E-state index in [1.165, 1.54) is 18.9 Å². The Balaban J connectivity index is 1.98. The van der Waals surface area contributed by atoms with E-state index in [-0.39, 0.29) is 17.6 Å². The van der Waals surface area contributed by atoms with Gasteiger partial charge in [-0.2, -0.15) is 0 Å². The van der Waals surface area contributed by atoms with Crippen LogP contribution >= 0.6 is 27.7 Å². The van der Waals surface area contributed by atoms with Gasteiger partial charge in [0.25, 0.3) is 5.91 Å². The number of benzene rings is 2. The Labute approximate surface area is 188 Å². The molecule has 8 heteroatoms. The molecular formula is C22H23BrN2O4S. The molecule has 1 aliphatic heterocycles. The summed E-state index contributed by atoms with van der Waals surface area (Å²) in [6.07, 6.45) is 1.78. The third-order valence-corrected chi connectivity index (χ3v) is 6.01. The van der Waals surface area contributed by atoms with Crippen molar-refractivity contribution >= 4 is 50.5 Å². The van der Waals surface area contributed by atoms with Gasteiger partial charge < -0.3 is 14.6 Å². The predicted molar refractivity (Wildman–Crippen MR) is 125 cm³/mol. The second kappa shape index (κ2) is 9.57. The van der Waals surface area contributed by atoms with Crippen LogP contribution in [0, 0.1) is 5.92 Å². The molecule has 0 aliphatic carbocycles. The van der Waals surface area contributed by atoms with Crippen LogP contribution in [0.15, 0.2) is 50.8 Å². The lowest BCUT2D eigenvalue weighted by Crippen LogP contribution is -2.32. The molecule has 0 bridgehead atoms. The molecule has 6 nitrogen and oxygen atoms in total. The van der Waals surface area contributed by atoms with Gasteiger partial charge in [-0.25, -0.2) is 4.99 Å². The van der Waals surface area contributed by atoms with E-state index in [9.17, 15) is 9.90 Å². The molecule has 158 valence electrons. The number of halogens is 1. The number of carbonyl (C=O) groups excluding carboxylic acids is 1. The van der Waals surface area contributed by atoms with Crippen LogP contribution in [0.3, 0.4) is 0 Å². The van der Waals surface area contributed by atoms with Gasteiger partial charge in [-0.1, -0.05) is 29.8 Å². The summed E-state index contributed by atoms with van der Waals surface area (Å²) in [4.78, 5) is 20.1. The van der Waals surface area contributed by atoms with Crippen LogP contribution in [0.5, 0.6) is 17.2 Å². The molecule has 1 heterocycles. The molecule has 1 aliphatic rings. The number of hydrogen-bond acceptors (Lipinski definition) is 6. The van der Waals surface area contributed by atoms with Crippen molar-refractivity contribution in [3.05, 3.63) is 51.3 Å². The highest BCUT2D eigenvalue weighted by Crippen LogP contribution is 2.38. The summed E-state index contributed by atoms with van der Waals surface area (Å²) in [6.45, 7) is 4.69. The Hall–Kier alpha value is -2.45. The average molecular weight is 491 g/mol. The quantitative estimate of drug-likeness (QED) is 0.546. The number of aliphatic imine (C=N–C) groups is 1. The van der Waals surface area contributed by atoms with Crippen molar-refractivity contribution in [3.8, 4) is 17.2 Å². The van der Waals surface area contributed by atoms with E-state index < -0.39 is 0 Å². The maximum Gasteiger partial charge on any atom is 0.266 e. The van der Waals surface area contributed by atoms with Crippen LogP contribution in [0.1, 0.15) is 19.4 Å². The summed E-state index contributed by atoms with van der Waals surface area (Å²) < 4.78 is 11.0. The molecule has 1 saturated heterocycles. The first-order valence-corrected chi connectivity index (χ1v) is 10.9. The Morgan fingerprint density at radius 1 is 1.20 bits per heavy atom. The van der Waals surface area contributed by atoms with E-state index in [1.807, 2.05) is 24.3 Å². The average Bonchev–Trinajstić information content (AvgIpc) is 2.99. The first-order chi connectivity index (χ1) is 14.3. The van der Waals surface area contributed by atoms with Crippen molar-refractivity contribution in [2.75, 3.05) is 20.8 Å². The van der Waals surface area contributed by atoms with E-state index >= 15 is 0 Å². The number of thioether (sulfide) groups is 1. The Morgan fingerprint density at radius 3 is 2.50 bits per heavy atom. The number of amides is 1. The van der Waals surface area contributed by atoms with Gasteiger partial charge in [0.1, 0.15) is 5.75 Å². The zero-order chi connectivity index (χ0) is 21.8. The predicted octanol–water partition coefficient (Wildman–Crippen LogP) is 5.43. The van der Waals surface area contributed by atoms with Crippen molar-refractivity contribution in [1.82, 2.24) is 4.90 Å². The Kier molecular flexibility index (Phi) is 7.10. The van der Waals surface area contributed by atoms with E-state index in [4.69, 9.17) is 14.5 Å². The molecule has 3 rings (SSSR count). The van der Waals surface area contributed by atoms with Gasteiger partial charge in [-0.15, -0.1) is 0 Å². The molecule has 2 aromatic carbocycles. The first-order valence-electron chi connectivity index (χ1n) is 9.33. The third kappa shape index (κ3) is 4.99. The van der Waals surface area contributed by atoms with Crippen LogP contribution in [0.2, 0.25) is 0 Å². The number of phenols is 1. The number of carbonyl (C=O) groups is 1. The van der Waals surface area contributed by atoms with Crippen molar-refractivity contribution in [3.63, 3.8) is 0 Å². The van der Waals surface area contributed by atoms with Crippen LogP contribution in [-0.4, -0.2) is 41.8 Å². The minimum atomic E-state index is -0.0973. The summed E-state index contributed by atoms with van der Waals surface area (Å²) in [5, 5.41) is 10.6. The Bertz CT molecular complexity index is 1000. The largest absolute Gasteiger partial charge is 0.504 e. The third-order valence-electron chi connectivity index (χ3n) is 4.32. The van der Waals surface area contributed by atoms with Crippen molar-refractivity contribution in [2.45, 2.75) is 13.8 Å². The normalized spacial score (nSPS) is 16.7. The second-order valence-corrected chi connectivity index (χ2v) is 8.92. The number of amidine groups is 1. The van der Waals surface area contributed by atoms with Gasteiger partial charge in [0, 0.05) is 11.0 Å². The molecule has 1 amide bonds. The van der Waals surface area contributed by atoms with E-state index in [0.717, 1.165) is 17.0 Å². The highest BCUT2D eigenvalue weighted by atomic mass is 79.9. The van der Waals surface area contributed by atoms with Gasteiger partial charge in [0.05, 0.1) is 24.8 Å². The van der Waals surface area contributed by atoms with Crippen LogP contribution < -0.4 is 9.47 Å². The van der Waals surface area contributed by atoms with Crippen molar-refractivity contribution < 1.29 is 19.4 Å². The maximum absolute atomic E-state index is 13.1. The molecule has 2 aromatic rings. The van der Waals surface area contributed by atoms with Crippen molar-refractivity contribution in [2.24, 2.45) is 10.9 Å². The number of ether oxygens (including phenoxy) is 2. The summed E-state index contributed by atoms with van der Waals surface area (Å²) in [7, 11) is 3.10. The van der Waals surface area contributed by atoms with E-state index in [2.05, 4.69) is 29.8 Å². The first kappa shape index (κ1) is 22.2. The number of phenolic OH excluding ortho intramolecular Hbond substituents is 1. The summed E-state index contributed by atoms with van der Waals surface area (Å²) >= 11 is 4.77. The highest BCUT2D eigenvalue weighted by Gasteiger charge is 2.34. The van der Waals surface area contributed by atoms with Gasteiger partial charge >= 0.3 is 0 Å². The van der Waals surface area contributed by atoms with Gasteiger partial charge in [-0.05, 0) is 65.7 Å². The van der Waals surface area contributed by atoms with Crippen LogP contribution in [-0.2, 0) is 4.79 Å². The monoisotopic (exact) mass is 490 g/mol. The maximum atomic E-state index is 13.1. The zero-order valence-corrected chi connectivity index (χ0v) is 19.6. The van der Waals surface area contributed by atoms with Gasteiger partial charge in [0.2, 0.25) is 0 Å². The highest BCUT2D eigenvalue weighted by molar-refractivity contribution is 9.10. The lowest BCUT2D eigenvalue weighted by atomic mass is 10.1. The molecule has 0 aromatic heterocycles. The summed E-state index contributed by atoms with van der Waals surface area (Å²) in [6, 6.07) is 10.6. The smallest absolute Gasteiger partial charge is 0.266 e. The lowest BCUT2D eigenvalue weighted by molar-refractivity contribution is -0.122. The lowest BCUT2D eigenvalue weighted by Gasteiger charge is -2.17. The summed E-state index contributed by atoms with van der Waals surface area (Å²) in [5.74, 6) is 1.31. The topological polar surface area (TPSA) is 71.4 Å². The number of nitrogens with zero attached hydrogens (tertiary/aromatic N) is 2. The van der Waals surface area contributed by atoms with Gasteiger partial charge in [0.15, 0.2) is 16.7 Å². The summed E-state index contributed by atoms with van der Waals surface area (Å²) in [5.41, 5.74) is 1.48. The van der Waals surface area contributed by atoms with Crippen LogP contribution in [0.4, 0.5) is 5.69 Å². The molecule has 1 N–H and O–H groups in total. The number of methoxy groups -OCH3 is 2. The fraction of sp³-hybridized carbons (Fsp3) is 0.273. The zero-order valence-electron chi connectivity index (χ0n) is 17.2. The molecule has 0 radical (unpaired) electrons. The van der Waals surface area contributed by atoms with E-state index in [1.54, 1.807) is 30.2 Å². The molecule has 0 atom stereocenters. The van der Waals surface area contributed by atoms with Crippen molar-refractivity contribution in [1.29, 1.82) is 0 Å². The van der Waals surface area contributed by atoms with Crippen LogP contribution in [0.25, 0.3) is 6.08 Å². The number of rotatable bonds is 6. The molecular weight excluding hydrogens is 468 g/mol. The minimum Gasteiger partial charge on any atom is -0.504 e. The number of hydrogen-bond donors (Lipinski definition) is 1. The van der Waals surface area contributed by atoms with E-state index in [0.29, 0.717) is 26.8 Å². The van der Waals surface area contributed by atoms with Gasteiger partial charge in [-0.3, -0.25) is 9.69 Å². The second-order valence-electron chi connectivity index (χ2n) is 7.06. The number of aromatic hydroxyl groups is 1. The fourth-order valence-electron chi connectivity index (χ4n) is 2.86. The standard InChI is InChI=1S/C22H23BrN2O4S/c1-13(2)12-25-21(27)20(10-14-9-19(29-4)18(26)11-17(14)23)30-22(25)24-15-5-7-16(28-3)8-6-15/h5-11,13,26H,12H2,1-4H3. The minimum absolute atomic E-state index is 0.0279. The Morgan fingerprint density at radius 2 is 1.90 bits per heavy atom. The molecule has 0 unspecified atom stereocenters. The fourth-order valence-corrected chi connectivity index (χ4v) is 4.30.